The predicted molar refractivity (Wildman–Crippen MR) is 41.9 cm³/mol. The largest absolute Gasteiger partial charge is 0.352 e. The molecule has 1 fully saturated rings. The van der Waals surface area contributed by atoms with E-state index in [1.807, 2.05) is 0 Å². The number of carbonyl (C=O) groups excluding carboxylic acids is 1. The number of hydrogen-bond acceptors (Lipinski definition) is 1. The molecule has 0 bridgehead atoms. The lowest BCUT2D eigenvalue weighted by Gasteiger charge is -1.97. The molecule has 0 unspecified atom stereocenters. The van der Waals surface area contributed by atoms with Gasteiger partial charge in [0.25, 0.3) is 0 Å². The van der Waals surface area contributed by atoms with Gasteiger partial charge in [0.1, 0.15) is 0 Å². The molecule has 0 aromatic rings. The number of allylic oxidation sites excluding steroid dienone is 1. The smallest absolute Gasteiger partial charge is 0.312 e. The van der Waals surface area contributed by atoms with Gasteiger partial charge in [0, 0.05) is 12.0 Å². The zero-order valence-electron chi connectivity index (χ0n) is 6.29. The summed E-state index contributed by atoms with van der Waals surface area (Å²) in [5.74, 6) is 1.25. The fourth-order valence-corrected chi connectivity index (χ4v) is 1.94. The second kappa shape index (κ2) is 2.26. The van der Waals surface area contributed by atoms with Crippen LogP contribution in [0.5, 0.6) is 0 Å². The number of primary amides is 1. The first-order valence-electron chi connectivity index (χ1n) is 4.01. The van der Waals surface area contributed by atoms with Crippen LogP contribution < -0.4 is 11.1 Å². The van der Waals surface area contributed by atoms with E-state index in [0.29, 0.717) is 17.9 Å². The van der Waals surface area contributed by atoms with E-state index < -0.39 is 6.03 Å². The highest BCUT2D eigenvalue weighted by molar-refractivity contribution is 5.72. The average molecular weight is 152 g/mol. The molecule has 0 aliphatic heterocycles. The summed E-state index contributed by atoms with van der Waals surface area (Å²) in [6.45, 7) is 0. The molecule has 60 valence electrons. The summed E-state index contributed by atoms with van der Waals surface area (Å²) in [5.41, 5.74) is 5.01. The third kappa shape index (κ3) is 1.11. The summed E-state index contributed by atoms with van der Waals surface area (Å²) in [7, 11) is 0. The van der Waals surface area contributed by atoms with Gasteiger partial charge in [-0.3, -0.25) is 0 Å². The summed E-state index contributed by atoms with van der Waals surface area (Å²) in [6.07, 6.45) is 6.73. The molecule has 2 amide bonds. The minimum Gasteiger partial charge on any atom is -0.352 e. The normalized spacial score (nSPS) is 39.5. The first-order valence-corrected chi connectivity index (χ1v) is 4.01. The Hall–Kier alpha value is -0.990. The van der Waals surface area contributed by atoms with E-state index in [0.717, 1.165) is 6.42 Å². The Morgan fingerprint density at radius 3 is 3.00 bits per heavy atom. The van der Waals surface area contributed by atoms with Crippen molar-refractivity contribution in [3.63, 3.8) is 0 Å². The van der Waals surface area contributed by atoms with Gasteiger partial charge >= 0.3 is 6.03 Å². The SMILES string of the molecule is NC(=O)N[C@@H]1[C@H]2C=CCC[C@H]21. The molecule has 3 N–H and O–H groups in total. The van der Waals surface area contributed by atoms with Crippen molar-refractivity contribution in [2.75, 3.05) is 0 Å². The number of urea groups is 1. The van der Waals surface area contributed by atoms with Crippen molar-refractivity contribution < 1.29 is 4.79 Å². The number of hydrogen-bond donors (Lipinski definition) is 2. The minimum absolute atomic E-state index is 0.339. The van der Waals surface area contributed by atoms with Crippen LogP contribution in [0.15, 0.2) is 12.2 Å². The van der Waals surface area contributed by atoms with Crippen molar-refractivity contribution in [3.8, 4) is 0 Å². The summed E-state index contributed by atoms with van der Waals surface area (Å²) in [4.78, 5) is 10.5. The molecule has 0 aromatic carbocycles. The molecule has 3 nitrogen and oxygen atoms in total. The molecule has 0 radical (unpaired) electrons. The Bertz CT molecular complexity index is 212. The van der Waals surface area contributed by atoms with Gasteiger partial charge < -0.3 is 11.1 Å². The highest BCUT2D eigenvalue weighted by Gasteiger charge is 2.49. The number of fused-ring (bicyclic) bond motifs is 1. The average Bonchev–Trinajstić information content (AvgIpc) is 2.64. The quantitative estimate of drug-likeness (QED) is 0.532. The molecule has 2 aliphatic rings. The van der Waals surface area contributed by atoms with E-state index in [9.17, 15) is 4.79 Å². The van der Waals surface area contributed by atoms with Crippen LogP contribution in [-0.2, 0) is 0 Å². The van der Waals surface area contributed by atoms with Crippen molar-refractivity contribution in [2.45, 2.75) is 18.9 Å². The van der Waals surface area contributed by atoms with Crippen molar-refractivity contribution >= 4 is 6.03 Å². The molecule has 11 heavy (non-hydrogen) atoms. The van der Waals surface area contributed by atoms with Gasteiger partial charge in [0.05, 0.1) is 0 Å². The monoisotopic (exact) mass is 152 g/mol. The molecular formula is C8H12N2O. The molecule has 0 spiro atoms. The number of carbonyl (C=O) groups is 1. The van der Waals surface area contributed by atoms with E-state index in [1.165, 1.54) is 6.42 Å². The predicted octanol–water partition coefficient (Wildman–Crippen LogP) is 0.619. The van der Waals surface area contributed by atoms with Crippen LogP contribution >= 0.6 is 0 Å². The van der Waals surface area contributed by atoms with Crippen molar-refractivity contribution in [1.82, 2.24) is 5.32 Å². The van der Waals surface area contributed by atoms with Crippen LogP contribution in [0.4, 0.5) is 4.79 Å². The molecule has 0 aromatic heterocycles. The topological polar surface area (TPSA) is 55.1 Å². The first-order chi connectivity index (χ1) is 5.29. The molecule has 1 saturated carbocycles. The third-order valence-corrected chi connectivity index (χ3v) is 2.56. The maximum Gasteiger partial charge on any atom is 0.312 e. The van der Waals surface area contributed by atoms with E-state index in [4.69, 9.17) is 5.73 Å². The molecule has 0 saturated heterocycles. The van der Waals surface area contributed by atoms with Gasteiger partial charge in [0.15, 0.2) is 0 Å². The van der Waals surface area contributed by atoms with Crippen molar-refractivity contribution in [3.05, 3.63) is 12.2 Å². The van der Waals surface area contributed by atoms with Crippen LogP contribution in [0.1, 0.15) is 12.8 Å². The van der Waals surface area contributed by atoms with Gasteiger partial charge in [-0.05, 0) is 18.8 Å². The molecule has 0 heterocycles. The van der Waals surface area contributed by atoms with Crippen LogP contribution in [0.2, 0.25) is 0 Å². The van der Waals surface area contributed by atoms with Crippen molar-refractivity contribution in [2.24, 2.45) is 17.6 Å². The van der Waals surface area contributed by atoms with Gasteiger partial charge in [-0.15, -0.1) is 0 Å². The second-order valence-corrected chi connectivity index (χ2v) is 3.28. The fraction of sp³-hybridized carbons (Fsp3) is 0.625. The van der Waals surface area contributed by atoms with Crippen LogP contribution in [0, 0.1) is 11.8 Å². The number of nitrogens with two attached hydrogens (primary N) is 1. The standard InChI is InChI=1S/C8H12N2O/c9-8(11)10-7-5-3-1-2-4-6(5)7/h1,3,5-7H,2,4H2,(H3,9,10,11)/t5-,6+,7+/m0/s1. The van der Waals surface area contributed by atoms with Gasteiger partial charge in [-0.2, -0.15) is 0 Å². The van der Waals surface area contributed by atoms with E-state index in [-0.39, 0.29) is 0 Å². The van der Waals surface area contributed by atoms with E-state index >= 15 is 0 Å². The third-order valence-electron chi connectivity index (χ3n) is 2.56. The summed E-state index contributed by atoms with van der Waals surface area (Å²) in [6, 6.07) is -0.0518. The molecule has 3 atom stereocenters. The van der Waals surface area contributed by atoms with Gasteiger partial charge in [0.2, 0.25) is 0 Å². The lowest BCUT2D eigenvalue weighted by atomic mass is 10.1. The zero-order chi connectivity index (χ0) is 7.84. The highest BCUT2D eigenvalue weighted by atomic mass is 16.2. The highest BCUT2D eigenvalue weighted by Crippen LogP contribution is 2.46. The summed E-state index contributed by atoms with van der Waals surface area (Å²) >= 11 is 0. The first kappa shape index (κ1) is 6.70. The second-order valence-electron chi connectivity index (χ2n) is 3.28. The lowest BCUT2D eigenvalue weighted by molar-refractivity contribution is 0.248. The number of nitrogens with one attached hydrogen (secondary N) is 1. The Balaban J connectivity index is 1.92. The van der Waals surface area contributed by atoms with Crippen LogP contribution in [0.25, 0.3) is 0 Å². The number of amides is 2. The van der Waals surface area contributed by atoms with Gasteiger partial charge in [-0.25, -0.2) is 4.79 Å². The Morgan fingerprint density at radius 2 is 2.45 bits per heavy atom. The Morgan fingerprint density at radius 1 is 1.64 bits per heavy atom. The molecule has 2 rings (SSSR count). The van der Waals surface area contributed by atoms with Crippen LogP contribution in [-0.4, -0.2) is 12.1 Å². The summed E-state index contributed by atoms with van der Waals surface area (Å²) in [5, 5.41) is 2.75. The maximum atomic E-state index is 10.5. The Kier molecular flexibility index (Phi) is 1.37. The molecule has 3 heteroatoms. The van der Waals surface area contributed by atoms with Gasteiger partial charge in [-0.1, -0.05) is 12.2 Å². The minimum atomic E-state index is -0.391. The fourth-order valence-electron chi connectivity index (χ4n) is 1.94. The van der Waals surface area contributed by atoms with Crippen LogP contribution in [0.3, 0.4) is 0 Å². The number of rotatable bonds is 1. The van der Waals surface area contributed by atoms with E-state index in [1.54, 1.807) is 0 Å². The maximum absolute atomic E-state index is 10.5. The molecule has 2 aliphatic carbocycles. The molecular weight excluding hydrogens is 140 g/mol. The zero-order valence-corrected chi connectivity index (χ0v) is 6.29. The van der Waals surface area contributed by atoms with E-state index in [2.05, 4.69) is 17.5 Å². The Labute approximate surface area is 65.6 Å². The van der Waals surface area contributed by atoms with Crippen molar-refractivity contribution in [1.29, 1.82) is 0 Å². The lowest BCUT2D eigenvalue weighted by Crippen LogP contribution is -2.32. The summed E-state index contributed by atoms with van der Waals surface area (Å²) < 4.78 is 0.